The van der Waals surface area contributed by atoms with E-state index in [0.717, 1.165) is 39.9 Å². The maximum Gasteiger partial charge on any atom is 0.224 e. The first-order valence-electron chi connectivity index (χ1n) is 8.64. The van der Waals surface area contributed by atoms with Gasteiger partial charge in [0, 0.05) is 30.2 Å². The molecular formula is C19H16N8. The molecular weight excluding hydrogens is 340 g/mol. The summed E-state index contributed by atoms with van der Waals surface area (Å²) in [6.45, 7) is 0.705. The highest BCUT2D eigenvalue weighted by molar-refractivity contribution is 5.81. The van der Waals surface area contributed by atoms with E-state index in [0.29, 0.717) is 12.5 Å². The molecule has 0 aliphatic heterocycles. The third kappa shape index (κ3) is 2.97. The normalized spacial score (nSPS) is 11.3. The van der Waals surface area contributed by atoms with E-state index in [1.807, 2.05) is 41.0 Å². The fourth-order valence-corrected chi connectivity index (χ4v) is 3.01. The van der Waals surface area contributed by atoms with Crippen molar-refractivity contribution in [3.8, 4) is 5.69 Å². The summed E-state index contributed by atoms with van der Waals surface area (Å²) in [4.78, 5) is 17.7. The molecule has 0 amide bonds. The van der Waals surface area contributed by atoms with Crippen LogP contribution in [0.1, 0.15) is 5.69 Å². The Labute approximate surface area is 154 Å². The molecule has 0 radical (unpaired) electrons. The van der Waals surface area contributed by atoms with Gasteiger partial charge in [0.15, 0.2) is 5.65 Å². The zero-order valence-electron chi connectivity index (χ0n) is 14.4. The first-order valence-corrected chi connectivity index (χ1v) is 8.64. The molecule has 0 fully saturated rings. The summed E-state index contributed by atoms with van der Waals surface area (Å²) in [7, 11) is 0. The number of nitrogens with one attached hydrogen (secondary N) is 2. The number of anilines is 1. The number of imidazole rings is 1. The van der Waals surface area contributed by atoms with E-state index in [4.69, 9.17) is 0 Å². The maximum absolute atomic E-state index is 4.64. The average Bonchev–Trinajstić information content (AvgIpc) is 3.34. The minimum atomic E-state index is 0.572. The number of hydrogen-bond acceptors (Lipinski definition) is 6. The molecule has 4 aromatic heterocycles. The van der Waals surface area contributed by atoms with Gasteiger partial charge >= 0.3 is 0 Å². The summed E-state index contributed by atoms with van der Waals surface area (Å²) in [5.41, 5.74) is 4.47. The molecule has 2 N–H and O–H groups in total. The van der Waals surface area contributed by atoms with E-state index < -0.39 is 0 Å². The van der Waals surface area contributed by atoms with E-state index in [-0.39, 0.29) is 0 Å². The molecule has 0 atom stereocenters. The molecule has 5 rings (SSSR count). The molecule has 8 heteroatoms. The first kappa shape index (κ1) is 15.4. The van der Waals surface area contributed by atoms with Gasteiger partial charge in [0.1, 0.15) is 11.8 Å². The number of H-pyrrole nitrogens is 1. The zero-order chi connectivity index (χ0) is 18.1. The van der Waals surface area contributed by atoms with Crippen LogP contribution in [0.25, 0.3) is 27.8 Å². The van der Waals surface area contributed by atoms with Crippen molar-refractivity contribution in [1.29, 1.82) is 0 Å². The van der Waals surface area contributed by atoms with E-state index in [1.54, 1.807) is 24.9 Å². The molecule has 132 valence electrons. The predicted octanol–water partition coefficient (Wildman–Crippen LogP) is 2.74. The number of pyridine rings is 1. The van der Waals surface area contributed by atoms with Gasteiger partial charge in [-0.3, -0.25) is 14.6 Å². The molecule has 4 heterocycles. The predicted molar refractivity (Wildman–Crippen MR) is 103 cm³/mol. The smallest absolute Gasteiger partial charge is 0.224 e. The van der Waals surface area contributed by atoms with Crippen molar-refractivity contribution in [2.75, 3.05) is 11.9 Å². The topological polar surface area (TPSA) is 97.2 Å². The summed E-state index contributed by atoms with van der Waals surface area (Å²) in [5, 5.41) is 11.4. The number of nitrogens with zero attached hydrogens (tertiary/aromatic N) is 6. The van der Waals surface area contributed by atoms with Crippen molar-refractivity contribution in [1.82, 2.24) is 34.7 Å². The number of fused-ring (bicyclic) bond motifs is 2. The molecule has 0 saturated heterocycles. The third-order valence-corrected chi connectivity index (χ3v) is 4.38. The van der Waals surface area contributed by atoms with Gasteiger partial charge in [-0.2, -0.15) is 10.1 Å². The van der Waals surface area contributed by atoms with Gasteiger partial charge in [-0.05, 0) is 30.3 Å². The van der Waals surface area contributed by atoms with Crippen molar-refractivity contribution >= 4 is 28.0 Å². The summed E-state index contributed by atoms with van der Waals surface area (Å²) < 4.78 is 1.95. The molecule has 0 aliphatic rings. The van der Waals surface area contributed by atoms with Gasteiger partial charge in [0.25, 0.3) is 0 Å². The fourth-order valence-electron chi connectivity index (χ4n) is 3.01. The second kappa shape index (κ2) is 6.49. The minimum Gasteiger partial charge on any atom is -0.354 e. The molecule has 0 aliphatic carbocycles. The second-order valence-electron chi connectivity index (χ2n) is 6.16. The number of aromatic nitrogens is 7. The molecule has 8 nitrogen and oxygen atoms in total. The van der Waals surface area contributed by atoms with Gasteiger partial charge < -0.3 is 5.32 Å². The molecule has 5 aromatic rings. The van der Waals surface area contributed by atoms with Gasteiger partial charge in [-0.1, -0.05) is 6.07 Å². The number of aromatic amines is 1. The lowest BCUT2D eigenvalue weighted by atomic mass is 10.2. The Morgan fingerprint density at radius 2 is 2.04 bits per heavy atom. The van der Waals surface area contributed by atoms with Crippen LogP contribution in [-0.2, 0) is 6.42 Å². The van der Waals surface area contributed by atoms with Gasteiger partial charge in [0.05, 0.1) is 23.6 Å². The van der Waals surface area contributed by atoms with Crippen molar-refractivity contribution in [3.05, 3.63) is 67.0 Å². The first-order chi connectivity index (χ1) is 13.4. The van der Waals surface area contributed by atoms with Gasteiger partial charge in [0.2, 0.25) is 5.95 Å². The second-order valence-corrected chi connectivity index (χ2v) is 6.16. The van der Waals surface area contributed by atoms with E-state index in [9.17, 15) is 0 Å². The molecule has 27 heavy (non-hydrogen) atoms. The van der Waals surface area contributed by atoms with Crippen LogP contribution in [-0.4, -0.2) is 41.2 Å². The molecule has 1 aromatic carbocycles. The Hall–Kier alpha value is -3.81. The highest BCUT2D eigenvalue weighted by atomic mass is 15.2. The Balaban J connectivity index is 1.42. The van der Waals surface area contributed by atoms with Crippen molar-refractivity contribution in [2.45, 2.75) is 6.42 Å². The van der Waals surface area contributed by atoms with Crippen LogP contribution in [0, 0.1) is 0 Å². The standard InChI is InChI=1S/C19H16N8/c1-2-7-20-14(3-1)6-8-21-19-22-11-17-18(25-19)27(12-23-17)15-5-4-13-10-24-26-16(13)9-15/h1-5,7,9-12H,6,8H2,(H,24,26)(H,21,22,25). The van der Waals surface area contributed by atoms with Crippen molar-refractivity contribution < 1.29 is 0 Å². The molecule has 0 unspecified atom stereocenters. The summed E-state index contributed by atoms with van der Waals surface area (Å²) >= 11 is 0. The van der Waals surface area contributed by atoms with Crippen LogP contribution in [0.4, 0.5) is 5.95 Å². The fraction of sp³-hybridized carbons (Fsp3) is 0.105. The summed E-state index contributed by atoms with van der Waals surface area (Å²) in [5.74, 6) is 0.572. The van der Waals surface area contributed by atoms with Crippen molar-refractivity contribution in [2.24, 2.45) is 0 Å². The van der Waals surface area contributed by atoms with Crippen LogP contribution >= 0.6 is 0 Å². The lowest BCUT2D eigenvalue weighted by molar-refractivity contribution is 0.942. The maximum atomic E-state index is 4.64. The van der Waals surface area contributed by atoms with Crippen LogP contribution in [0.3, 0.4) is 0 Å². The van der Waals surface area contributed by atoms with Crippen LogP contribution in [0.15, 0.2) is 61.3 Å². The quantitative estimate of drug-likeness (QED) is 0.502. The minimum absolute atomic E-state index is 0.572. The van der Waals surface area contributed by atoms with Gasteiger partial charge in [-0.25, -0.2) is 9.97 Å². The average molecular weight is 356 g/mol. The zero-order valence-corrected chi connectivity index (χ0v) is 14.4. The lowest BCUT2D eigenvalue weighted by Crippen LogP contribution is -2.09. The number of benzene rings is 1. The monoisotopic (exact) mass is 356 g/mol. The summed E-state index contributed by atoms with van der Waals surface area (Å²) in [6.07, 6.45) is 7.90. The van der Waals surface area contributed by atoms with Crippen LogP contribution in [0.5, 0.6) is 0 Å². The Bertz CT molecular complexity index is 1210. The Morgan fingerprint density at radius 1 is 1.04 bits per heavy atom. The lowest BCUT2D eigenvalue weighted by Gasteiger charge is -2.06. The van der Waals surface area contributed by atoms with E-state index >= 15 is 0 Å². The SMILES string of the molecule is c1ccc(CCNc2ncc3ncn(-c4ccc5cn[nH]c5c4)c3n2)nc1. The van der Waals surface area contributed by atoms with Crippen LogP contribution in [0.2, 0.25) is 0 Å². The number of hydrogen-bond donors (Lipinski definition) is 2. The third-order valence-electron chi connectivity index (χ3n) is 4.38. The van der Waals surface area contributed by atoms with Crippen LogP contribution < -0.4 is 5.32 Å². The highest BCUT2D eigenvalue weighted by Crippen LogP contribution is 2.20. The largest absolute Gasteiger partial charge is 0.354 e. The van der Waals surface area contributed by atoms with E-state index in [1.165, 1.54) is 0 Å². The van der Waals surface area contributed by atoms with Crippen molar-refractivity contribution in [3.63, 3.8) is 0 Å². The molecule has 0 bridgehead atoms. The Kier molecular flexibility index (Phi) is 3.71. The molecule has 0 spiro atoms. The Morgan fingerprint density at radius 3 is 2.96 bits per heavy atom. The molecule has 0 saturated carbocycles. The highest BCUT2D eigenvalue weighted by Gasteiger charge is 2.09. The van der Waals surface area contributed by atoms with E-state index in [2.05, 4.69) is 35.5 Å². The van der Waals surface area contributed by atoms with Gasteiger partial charge in [-0.15, -0.1) is 0 Å². The summed E-state index contributed by atoms with van der Waals surface area (Å²) in [6, 6.07) is 12.0. The number of rotatable bonds is 5.